The van der Waals surface area contributed by atoms with Gasteiger partial charge in [0.1, 0.15) is 5.69 Å². The second kappa shape index (κ2) is 4.00. The van der Waals surface area contributed by atoms with Crippen LogP contribution < -0.4 is 10.6 Å². The highest BCUT2D eigenvalue weighted by molar-refractivity contribution is 6.45. The van der Waals surface area contributed by atoms with Crippen LogP contribution in [-0.4, -0.2) is 27.6 Å². The minimum absolute atomic E-state index is 0.148. The van der Waals surface area contributed by atoms with Crippen molar-refractivity contribution < 1.29 is 9.59 Å². The molecular weight excluding hydrogens is 222 g/mol. The van der Waals surface area contributed by atoms with Gasteiger partial charge >= 0.3 is 11.8 Å². The molecule has 1 aromatic heterocycles. The largest absolute Gasteiger partial charge is 0.316 e. The van der Waals surface area contributed by atoms with Crippen LogP contribution in [-0.2, 0) is 16.6 Å². The van der Waals surface area contributed by atoms with E-state index in [1.807, 2.05) is 13.8 Å². The van der Waals surface area contributed by atoms with E-state index in [0.29, 0.717) is 5.69 Å². The molecule has 2 rings (SSSR count). The molecule has 0 saturated carbocycles. The van der Waals surface area contributed by atoms with Crippen molar-refractivity contribution >= 4 is 23.5 Å². The van der Waals surface area contributed by atoms with Crippen LogP contribution in [0.4, 0.5) is 5.69 Å². The third kappa shape index (κ3) is 2.17. The number of nitrogens with one attached hydrogen (secondary N) is 2. The molecular formula is C10H13N5O2. The quantitative estimate of drug-likeness (QED) is 0.694. The van der Waals surface area contributed by atoms with Crippen molar-refractivity contribution in [1.82, 2.24) is 20.4 Å². The van der Waals surface area contributed by atoms with Crippen molar-refractivity contribution in [2.24, 2.45) is 12.0 Å². The predicted octanol–water partition coefficient (Wildman–Crippen LogP) is -0.223. The standard InChI is InChI=1S/C10H13N5O2/c1-5(2)7-6(4-15(3)14-7)11-10-12-8(16)9(17)13-10/h4-5H,1-3H3,(H2,11,12,13,16,17). The van der Waals surface area contributed by atoms with Gasteiger partial charge in [0.15, 0.2) is 0 Å². The van der Waals surface area contributed by atoms with Gasteiger partial charge in [-0.25, -0.2) is 4.99 Å². The SMILES string of the molecule is CC(C)c1nn(C)cc1N=C1NC(=O)C(=O)N1. The van der Waals surface area contributed by atoms with Crippen molar-refractivity contribution in [3.05, 3.63) is 11.9 Å². The van der Waals surface area contributed by atoms with Crippen molar-refractivity contribution in [3.63, 3.8) is 0 Å². The van der Waals surface area contributed by atoms with Gasteiger partial charge in [-0.1, -0.05) is 13.8 Å². The third-order valence-corrected chi connectivity index (χ3v) is 2.29. The number of aromatic nitrogens is 2. The number of rotatable bonds is 2. The normalized spacial score (nSPS) is 15.2. The van der Waals surface area contributed by atoms with E-state index < -0.39 is 11.8 Å². The number of amides is 2. The zero-order valence-corrected chi connectivity index (χ0v) is 9.81. The summed E-state index contributed by atoms with van der Waals surface area (Å²) >= 11 is 0. The van der Waals surface area contributed by atoms with E-state index >= 15 is 0 Å². The van der Waals surface area contributed by atoms with Crippen molar-refractivity contribution in [2.75, 3.05) is 0 Å². The van der Waals surface area contributed by atoms with E-state index in [0.717, 1.165) is 5.69 Å². The summed E-state index contributed by atoms with van der Waals surface area (Å²) in [5.74, 6) is -1.03. The highest BCUT2D eigenvalue weighted by Crippen LogP contribution is 2.24. The number of nitrogens with zero attached hydrogens (tertiary/aromatic N) is 3. The van der Waals surface area contributed by atoms with E-state index in [1.54, 1.807) is 17.9 Å². The Labute approximate surface area is 97.9 Å². The Hall–Kier alpha value is -2.18. The van der Waals surface area contributed by atoms with E-state index in [9.17, 15) is 9.59 Å². The highest BCUT2D eigenvalue weighted by atomic mass is 16.2. The molecule has 2 heterocycles. The molecule has 2 amide bonds. The Morgan fingerprint density at radius 1 is 1.29 bits per heavy atom. The molecule has 7 nitrogen and oxygen atoms in total. The average molecular weight is 235 g/mol. The molecule has 0 aliphatic carbocycles. The van der Waals surface area contributed by atoms with Crippen molar-refractivity contribution in [2.45, 2.75) is 19.8 Å². The lowest BCUT2D eigenvalue weighted by Gasteiger charge is -2.01. The molecule has 0 spiro atoms. The number of carbonyl (C=O) groups is 2. The van der Waals surface area contributed by atoms with Gasteiger partial charge in [0.2, 0.25) is 5.96 Å². The van der Waals surface area contributed by atoms with E-state index in [2.05, 4.69) is 20.7 Å². The second-order valence-corrected chi connectivity index (χ2v) is 4.10. The number of carbonyl (C=O) groups excluding carboxylic acids is 2. The van der Waals surface area contributed by atoms with Crippen LogP contribution in [0.15, 0.2) is 11.2 Å². The van der Waals surface area contributed by atoms with Gasteiger partial charge in [0, 0.05) is 7.05 Å². The molecule has 0 atom stereocenters. The van der Waals surface area contributed by atoms with Gasteiger partial charge in [-0.05, 0) is 5.92 Å². The first-order valence-corrected chi connectivity index (χ1v) is 5.22. The van der Waals surface area contributed by atoms with E-state index in [4.69, 9.17) is 0 Å². The number of aryl methyl sites for hydroxylation is 1. The maximum atomic E-state index is 11.0. The molecule has 7 heteroatoms. The molecule has 1 aliphatic heterocycles. The summed E-state index contributed by atoms with van der Waals surface area (Å²) in [5.41, 5.74) is 1.45. The first-order chi connectivity index (χ1) is 7.97. The number of hydrogen-bond acceptors (Lipinski definition) is 4. The Balaban J connectivity index is 2.33. The third-order valence-electron chi connectivity index (χ3n) is 2.29. The topological polar surface area (TPSA) is 88.4 Å². The molecule has 0 unspecified atom stereocenters. The molecule has 1 fully saturated rings. The van der Waals surface area contributed by atoms with Crippen LogP contribution in [0.25, 0.3) is 0 Å². The summed E-state index contributed by atoms with van der Waals surface area (Å²) in [7, 11) is 1.79. The molecule has 1 aromatic rings. The van der Waals surface area contributed by atoms with Gasteiger partial charge in [-0.2, -0.15) is 5.10 Å². The summed E-state index contributed by atoms with van der Waals surface area (Å²) < 4.78 is 1.65. The molecule has 2 N–H and O–H groups in total. The van der Waals surface area contributed by atoms with Crippen LogP contribution in [0.2, 0.25) is 0 Å². The fourth-order valence-electron chi connectivity index (χ4n) is 1.53. The number of hydrogen-bond donors (Lipinski definition) is 2. The van der Waals surface area contributed by atoms with Crippen molar-refractivity contribution in [3.8, 4) is 0 Å². The van der Waals surface area contributed by atoms with Crippen LogP contribution in [0.1, 0.15) is 25.5 Å². The van der Waals surface area contributed by atoms with E-state index in [1.165, 1.54) is 0 Å². The predicted molar refractivity (Wildman–Crippen MR) is 60.7 cm³/mol. The molecule has 1 saturated heterocycles. The van der Waals surface area contributed by atoms with Crippen LogP contribution >= 0.6 is 0 Å². The first kappa shape index (κ1) is 11.3. The molecule has 90 valence electrons. The smallest absolute Gasteiger partial charge is 0.288 e. The Bertz CT molecular complexity index is 497. The molecule has 0 aromatic carbocycles. The average Bonchev–Trinajstić information content (AvgIpc) is 2.72. The summed E-state index contributed by atoms with van der Waals surface area (Å²) in [4.78, 5) is 26.1. The van der Waals surface area contributed by atoms with E-state index in [-0.39, 0.29) is 11.9 Å². The lowest BCUT2D eigenvalue weighted by atomic mass is 10.1. The zero-order valence-electron chi connectivity index (χ0n) is 9.81. The minimum Gasteiger partial charge on any atom is -0.288 e. The zero-order chi connectivity index (χ0) is 12.6. The summed E-state index contributed by atoms with van der Waals surface area (Å²) in [5, 5.41) is 8.96. The van der Waals surface area contributed by atoms with Gasteiger partial charge in [0.25, 0.3) is 0 Å². The lowest BCUT2D eigenvalue weighted by Crippen LogP contribution is -2.25. The van der Waals surface area contributed by atoms with Crippen LogP contribution in [0.5, 0.6) is 0 Å². The maximum Gasteiger partial charge on any atom is 0.316 e. The lowest BCUT2D eigenvalue weighted by molar-refractivity contribution is -0.135. The summed E-state index contributed by atoms with van der Waals surface area (Å²) in [6, 6.07) is 0. The monoisotopic (exact) mass is 235 g/mol. The molecule has 0 bridgehead atoms. The number of guanidine groups is 1. The number of aliphatic imine (C=N–C) groups is 1. The van der Waals surface area contributed by atoms with Crippen LogP contribution in [0.3, 0.4) is 0 Å². The van der Waals surface area contributed by atoms with Crippen LogP contribution in [0, 0.1) is 0 Å². The van der Waals surface area contributed by atoms with Crippen molar-refractivity contribution in [1.29, 1.82) is 0 Å². The minimum atomic E-state index is -0.696. The second-order valence-electron chi connectivity index (χ2n) is 4.10. The van der Waals surface area contributed by atoms with Gasteiger partial charge in [-0.15, -0.1) is 0 Å². The molecule has 17 heavy (non-hydrogen) atoms. The Kier molecular flexibility index (Phi) is 2.66. The maximum absolute atomic E-state index is 11.0. The van der Waals surface area contributed by atoms with Gasteiger partial charge in [0.05, 0.1) is 11.9 Å². The summed E-state index contributed by atoms with van der Waals surface area (Å²) in [6.45, 7) is 4.00. The van der Waals surface area contributed by atoms with Gasteiger partial charge < -0.3 is 0 Å². The summed E-state index contributed by atoms with van der Waals surface area (Å²) in [6.07, 6.45) is 1.74. The van der Waals surface area contributed by atoms with Gasteiger partial charge in [-0.3, -0.25) is 24.9 Å². The Morgan fingerprint density at radius 2 is 1.88 bits per heavy atom. The fourth-order valence-corrected chi connectivity index (χ4v) is 1.53. The first-order valence-electron chi connectivity index (χ1n) is 5.22. The Morgan fingerprint density at radius 3 is 2.41 bits per heavy atom. The highest BCUT2D eigenvalue weighted by Gasteiger charge is 2.25. The molecule has 1 aliphatic rings. The fraction of sp³-hybridized carbons (Fsp3) is 0.400. The molecule has 0 radical (unpaired) electrons.